The molecular weight excluding hydrogens is 351 g/mol. The van der Waals surface area contributed by atoms with Crippen LogP contribution in [-0.4, -0.2) is 48.4 Å². The van der Waals surface area contributed by atoms with Gasteiger partial charge in [-0.25, -0.2) is 0 Å². The molecule has 142 valence electrons. The van der Waals surface area contributed by atoms with Gasteiger partial charge in [0, 0.05) is 37.8 Å². The summed E-state index contributed by atoms with van der Waals surface area (Å²) in [4.78, 5) is 35.2. The number of nitrogens with zero attached hydrogens (tertiary/aromatic N) is 1. The van der Waals surface area contributed by atoms with E-state index >= 15 is 0 Å². The van der Waals surface area contributed by atoms with E-state index in [9.17, 15) is 27.6 Å². The predicted molar refractivity (Wildman–Crippen MR) is 88.4 cm³/mol. The molecule has 0 atom stereocenters. The standard InChI is InChI=1S/C17H20F3N3O3/c1-11(24)22-14-4-2-3-13(9-14)15(25)21-10-12-5-7-23(8-6-12)16(26)17(18,19)20/h2-4,9,12H,5-8,10H2,1H3,(H,21,25)(H,22,24). The van der Waals surface area contributed by atoms with Crippen molar-refractivity contribution in [1.29, 1.82) is 0 Å². The molecule has 1 aliphatic rings. The van der Waals surface area contributed by atoms with E-state index in [0.717, 1.165) is 4.90 Å². The first-order chi connectivity index (χ1) is 12.2. The highest BCUT2D eigenvalue weighted by atomic mass is 19.4. The summed E-state index contributed by atoms with van der Waals surface area (Å²) in [7, 11) is 0. The summed E-state index contributed by atoms with van der Waals surface area (Å²) in [6, 6.07) is 6.44. The van der Waals surface area contributed by atoms with Crippen molar-refractivity contribution >= 4 is 23.4 Å². The van der Waals surface area contributed by atoms with Crippen molar-refractivity contribution in [3.8, 4) is 0 Å². The highest BCUT2D eigenvalue weighted by Crippen LogP contribution is 2.23. The zero-order valence-corrected chi connectivity index (χ0v) is 14.2. The third kappa shape index (κ3) is 5.47. The average molecular weight is 371 g/mol. The molecule has 1 aliphatic heterocycles. The lowest BCUT2D eigenvalue weighted by atomic mass is 9.96. The van der Waals surface area contributed by atoms with Gasteiger partial charge < -0.3 is 15.5 Å². The van der Waals surface area contributed by atoms with Gasteiger partial charge in [0.15, 0.2) is 0 Å². The lowest BCUT2D eigenvalue weighted by Crippen LogP contribution is -2.46. The van der Waals surface area contributed by atoms with Gasteiger partial charge in [0.1, 0.15) is 0 Å². The van der Waals surface area contributed by atoms with Gasteiger partial charge in [-0.2, -0.15) is 13.2 Å². The first kappa shape index (κ1) is 19.7. The van der Waals surface area contributed by atoms with Crippen LogP contribution in [0.2, 0.25) is 0 Å². The van der Waals surface area contributed by atoms with Crippen LogP contribution < -0.4 is 10.6 Å². The molecule has 1 saturated heterocycles. The van der Waals surface area contributed by atoms with Crippen molar-refractivity contribution in [2.24, 2.45) is 5.92 Å². The molecule has 1 fully saturated rings. The second-order valence-corrected chi connectivity index (χ2v) is 6.21. The molecule has 0 saturated carbocycles. The number of benzene rings is 1. The van der Waals surface area contributed by atoms with Crippen LogP contribution in [0.1, 0.15) is 30.1 Å². The van der Waals surface area contributed by atoms with E-state index < -0.39 is 12.1 Å². The van der Waals surface area contributed by atoms with Crippen LogP contribution in [0.25, 0.3) is 0 Å². The molecule has 9 heteroatoms. The molecule has 0 radical (unpaired) electrons. The molecular formula is C17H20F3N3O3. The zero-order chi connectivity index (χ0) is 19.3. The normalized spacial score (nSPS) is 15.5. The predicted octanol–water partition coefficient (Wildman–Crippen LogP) is 2.18. The van der Waals surface area contributed by atoms with E-state index in [-0.39, 0.29) is 30.8 Å². The average Bonchev–Trinajstić information content (AvgIpc) is 2.58. The minimum Gasteiger partial charge on any atom is -0.352 e. The fraction of sp³-hybridized carbons (Fsp3) is 0.471. The maximum Gasteiger partial charge on any atom is 0.471 e. The maximum atomic E-state index is 12.4. The Morgan fingerprint density at radius 2 is 1.85 bits per heavy atom. The van der Waals surface area contributed by atoms with E-state index in [1.54, 1.807) is 24.3 Å². The number of hydrogen-bond acceptors (Lipinski definition) is 3. The highest BCUT2D eigenvalue weighted by Gasteiger charge is 2.43. The molecule has 1 aromatic rings. The quantitative estimate of drug-likeness (QED) is 0.852. The molecule has 0 bridgehead atoms. The number of rotatable bonds is 4. The molecule has 0 unspecified atom stereocenters. The number of halogens is 3. The number of amides is 3. The summed E-state index contributed by atoms with van der Waals surface area (Å²) in [5, 5.41) is 5.33. The lowest BCUT2D eigenvalue weighted by molar-refractivity contribution is -0.186. The van der Waals surface area contributed by atoms with E-state index in [0.29, 0.717) is 30.6 Å². The van der Waals surface area contributed by atoms with Crippen molar-refractivity contribution in [2.45, 2.75) is 25.9 Å². The Hall–Kier alpha value is -2.58. The van der Waals surface area contributed by atoms with Crippen LogP contribution in [0.4, 0.5) is 18.9 Å². The summed E-state index contributed by atoms with van der Waals surface area (Å²) in [6.45, 7) is 1.73. The Labute approximate surface area is 148 Å². The van der Waals surface area contributed by atoms with Crippen LogP contribution in [0, 0.1) is 5.92 Å². The SMILES string of the molecule is CC(=O)Nc1cccc(C(=O)NCC2CCN(C(=O)C(F)(F)F)CC2)c1. The van der Waals surface area contributed by atoms with Crippen LogP contribution >= 0.6 is 0 Å². The summed E-state index contributed by atoms with van der Waals surface area (Å²) in [5.41, 5.74) is 0.880. The number of carbonyl (C=O) groups is 3. The smallest absolute Gasteiger partial charge is 0.352 e. The molecule has 2 N–H and O–H groups in total. The van der Waals surface area contributed by atoms with Gasteiger partial charge in [-0.3, -0.25) is 14.4 Å². The Kier molecular flexibility index (Phi) is 6.23. The van der Waals surface area contributed by atoms with Crippen LogP contribution in [0.15, 0.2) is 24.3 Å². The Morgan fingerprint density at radius 1 is 1.19 bits per heavy atom. The number of nitrogens with one attached hydrogen (secondary N) is 2. The zero-order valence-electron chi connectivity index (χ0n) is 14.2. The Morgan fingerprint density at radius 3 is 2.42 bits per heavy atom. The van der Waals surface area contributed by atoms with E-state index in [1.807, 2.05) is 0 Å². The van der Waals surface area contributed by atoms with Crippen molar-refractivity contribution in [2.75, 3.05) is 25.0 Å². The van der Waals surface area contributed by atoms with Crippen LogP contribution in [0.3, 0.4) is 0 Å². The maximum absolute atomic E-state index is 12.4. The molecule has 3 amide bonds. The highest BCUT2D eigenvalue weighted by molar-refractivity contribution is 5.96. The molecule has 0 aromatic heterocycles. The fourth-order valence-corrected chi connectivity index (χ4v) is 2.80. The molecule has 1 aromatic carbocycles. The van der Waals surface area contributed by atoms with Gasteiger partial charge in [0.25, 0.3) is 5.91 Å². The van der Waals surface area contributed by atoms with Gasteiger partial charge in [-0.05, 0) is 37.0 Å². The van der Waals surface area contributed by atoms with E-state index in [4.69, 9.17) is 0 Å². The van der Waals surface area contributed by atoms with Gasteiger partial charge in [-0.15, -0.1) is 0 Å². The molecule has 0 aliphatic carbocycles. The second kappa shape index (κ2) is 8.20. The number of anilines is 1. The Bertz CT molecular complexity index is 683. The van der Waals surface area contributed by atoms with Crippen LogP contribution in [-0.2, 0) is 9.59 Å². The summed E-state index contributed by atoms with van der Waals surface area (Å²) >= 11 is 0. The van der Waals surface area contributed by atoms with Gasteiger partial charge in [0.05, 0.1) is 0 Å². The number of hydrogen-bond donors (Lipinski definition) is 2. The number of carbonyl (C=O) groups excluding carboxylic acids is 3. The Balaban J connectivity index is 1.82. The fourth-order valence-electron chi connectivity index (χ4n) is 2.80. The van der Waals surface area contributed by atoms with Gasteiger partial charge in [0.2, 0.25) is 5.91 Å². The van der Waals surface area contributed by atoms with Gasteiger partial charge in [-0.1, -0.05) is 6.07 Å². The van der Waals surface area contributed by atoms with Crippen molar-refractivity contribution in [3.05, 3.63) is 29.8 Å². The molecule has 6 nitrogen and oxygen atoms in total. The second-order valence-electron chi connectivity index (χ2n) is 6.21. The van der Waals surface area contributed by atoms with E-state index in [1.165, 1.54) is 6.92 Å². The number of alkyl halides is 3. The first-order valence-corrected chi connectivity index (χ1v) is 8.19. The summed E-state index contributed by atoms with van der Waals surface area (Å²) in [6.07, 6.45) is -4.05. The lowest BCUT2D eigenvalue weighted by Gasteiger charge is -2.32. The third-order valence-electron chi connectivity index (χ3n) is 4.14. The summed E-state index contributed by atoms with van der Waals surface area (Å²) < 4.78 is 37.2. The topological polar surface area (TPSA) is 78.5 Å². The van der Waals surface area contributed by atoms with Crippen molar-refractivity contribution in [3.63, 3.8) is 0 Å². The summed E-state index contributed by atoms with van der Waals surface area (Å²) in [5.74, 6) is -2.38. The minimum absolute atomic E-state index is 0.00904. The number of piperidine rings is 1. The molecule has 1 heterocycles. The van der Waals surface area contributed by atoms with Crippen molar-refractivity contribution in [1.82, 2.24) is 10.2 Å². The van der Waals surface area contributed by atoms with Crippen molar-refractivity contribution < 1.29 is 27.6 Å². The monoisotopic (exact) mass is 371 g/mol. The largest absolute Gasteiger partial charge is 0.471 e. The molecule has 26 heavy (non-hydrogen) atoms. The minimum atomic E-state index is -4.85. The third-order valence-corrected chi connectivity index (χ3v) is 4.14. The molecule has 2 rings (SSSR count). The number of likely N-dealkylation sites (tertiary alicyclic amines) is 1. The van der Waals surface area contributed by atoms with Crippen LogP contribution in [0.5, 0.6) is 0 Å². The van der Waals surface area contributed by atoms with Gasteiger partial charge >= 0.3 is 12.1 Å². The van der Waals surface area contributed by atoms with E-state index in [2.05, 4.69) is 10.6 Å². The molecule has 0 spiro atoms. The first-order valence-electron chi connectivity index (χ1n) is 8.19.